The van der Waals surface area contributed by atoms with Crippen LogP contribution in [0.25, 0.3) is 43.6 Å². The molecule has 0 aliphatic heterocycles. The maximum atomic E-state index is 6.34. The minimum atomic E-state index is 0.677. The van der Waals surface area contributed by atoms with E-state index in [1.807, 2.05) is 72.0 Å². The number of aromatic nitrogens is 2. The average molecular weight is 725 g/mol. The lowest BCUT2D eigenvalue weighted by Crippen LogP contribution is -2.27. The van der Waals surface area contributed by atoms with Crippen LogP contribution in [-0.2, 0) is 6.54 Å². The van der Waals surface area contributed by atoms with Gasteiger partial charge >= 0.3 is 0 Å². The minimum absolute atomic E-state index is 0.677. The van der Waals surface area contributed by atoms with E-state index in [4.69, 9.17) is 42.6 Å². The molecular formula is C40H39Cl2N5O2S. The third-order valence-corrected chi connectivity index (χ3v) is 10.3. The molecule has 0 fully saturated rings. The first kappa shape index (κ1) is 34.1. The third-order valence-electron chi connectivity index (χ3n) is 9.00. The first-order chi connectivity index (χ1) is 24.5. The van der Waals surface area contributed by atoms with Crippen molar-refractivity contribution in [2.24, 2.45) is 0 Å². The van der Waals surface area contributed by atoms with E-state index in [0.717, 1.165) is 118 Å². The highest BCUT2D eigenvalue weighted by Crippen LogP contribution is 2.36. The highest BCUT2D eigenvalue weighted by atomic mass is 35.5. The second-order valence-corrected chi connectivity index (χ2v) is 14.2. The molecule has 0 aliphatic rings. The Kier molecular flexibility index (Phi) is 10.7. The Morgan fingerprint density at radius 3 is 1.72 bits per heavy atom. The number of methoxy groups -OCH3 is 2. The van der Waals surface area contributed by atoms with Crippen molar-refractivity contribution in [2.45, 2.75) is 25.8 Å². The zero-order chi connectivity index (χ0) is 34.5. The van der Waals surface area contributed by atoms with Gasteiger partial charge in [0.25, 0.3) is 0 Å². The lowest BCUT2D eigenvalue weighted by atomic mass is 10.1. The molecular weight excluding hydrogens is 685 g/mol. The van der Waals surface area contributed by atoms with Gasteiger partial charge in [-0.15, -0.1) is 11.3 Å². The summed E-state index contributed by atoms with van der Waals surface area (Å²) in [7, 11) is 3.38. The number of hydrogen-bond donors (Lipinski definition) is 2. The number of hydrogen-bond acceptors (Lipinski definition) is 8. The monoisotopic (exact) mass is 723 g/mol. The molecule has 0 bridgehead atoms. The first-order valence-electron chi connectivity index (χ1n) is 16.9. The van der Waals surface area contributed by atoms with Gasteiger partial charge in [-0.25, -0.2) is 9.97 Å². The summed E-state index contributed by atoms with van der Waals surface area (Å²) in [4.78, 5) is 13.7. The Hall–Kier alpha value is -4.34. The zero-order valence-corrected chi connectivity index (χ0v) is 30.5. The summed E-state index contributed by atoms with van der Waals surface area (Å²) in [5, 5.41) is 15.2. The molecule has 0 saturated heterocycles. The Labute approximate surface area is 306 Å². The van der Waals surface area contributed by atoms with Gasteiger partial charge in [0, 0.05) is 62.6 Å². The normalized spacial score (nSPS) is 11.6. The maximum absolute atomic E-state index is 6.34. The van der Waals surface area contributed by atoms with E-state index in [9.17, 15) is 0 Å². The summed E-state index contributed by atoms with van der Waals surface area (Å²) in [5.41, 5.74) is 5.71. The summed E-state index contributed by atoms with van der Waals surface area (Å²) >= 11 is 14.5. The number of fused-ring (bicyclic) bond motifs is 4. The molecule has 256 valence electrons. The Balaban J connectivity index is 1.01. The van der Waals surface area contributed by atoms with E-state index in [0.29, 0.717) is 10.0 Å². The number of nitrogens with one attached hydrogen (secondary N) is 2. The molecule has 3 heterocycles. The van der Waals surface area contributed by atoms with Gasteiger partial charge < -0.3 is 20.1 Å². The number of halogens is 2. The van der Waals surface area contributed by atoms with Crippen molar-refractivity contribution in [1.29, 1.82) is 0 Å². The van der Waals surface area contributed by atoms with Crippen LogP contribution in [0.5, 0.6) is 11.5 Å². The summed E-state index contributed by atoms with van der Waals surface area (Å²) in [6.45, 7) is 4.61. The van der Waals surface area contributed by atoms with E-state index in [1.165, 1.54) is 4.88 Å². The topological polar surface area (TPSA) is 71.5 Å². The molecule has 3 aromatic heterocycles. The van der Waals surface area contributed by atoms with Crippen LogP contribution in [0.3, 0.4) is 0 Å². The van der Waals surface area contributed by atoms with Crippen molar-refractivity contribution >= 4 is 89.5 Å². The lowest BCUT2D eigenvalue weighted by molar-refractivity contribution is 0.262. The van der Waals surface area contributed by atoms with Crippen LogP contribution in [0.1, 0.15) is 24.1 Å². The van der Waals surface area contributed by atoms with Crippen molar-refractivity contribution in [1.82, 2.24) is 14.9 Å². The number of nitrogens with zero attached hydrogens (tertiary/aromatic N) is 3. The standard InChI is InChI=1S/C40H39Cl2N5O2S/c1-48-28-10-14-35-33(23-28)39(31-12-8-26(41)21-37(31)45-35)43-16-3-4-18-47(25-30-7-5-20-50-30)19-6-17-44-40-32-13-9-27(42)22-38(32)46-36-15-11-29(49-2)24-34(36)40/h5,7-15,20-24H,3-4,6,16-19,25H2,1-2H3,(H,43,45)(H,44,46). The van der Waals surface area contributed by atoms with Gasteiger partial charge in [0.2, 0.25) is 0 Å². The van der Waals surface area contributed by atoms with Crippen LogP contribution in [0, 0.1) is 0 Å². The minimum Gasteiger partial charge on any atom is -0.497 e. The van der Waals surface area contributed by atoms with Crippen LogP contribution < -0.4 is 20.1 Å². The van der Waals surface area contributed by atoms with E-state index < -0.39 is 0 Å². The van der Waals surface area contributed by atoms with Gasteiger partial charge in [-0.1, -0.05) is 29.3 Å². The molecule has 7 aromatic rings. The van der Waals surface area contributed by atoms with Crippen molar-refractivity contribution in [3.8, 4) is 11.5 Å². The molecule has 0 radical (unpaired) electrons. The fourth-order valence-corrected chi connectivity index (χ4v) is 7.59. The Morgan fingerprint density at radius 2 is 1.18 bits per heavy atom. The zero-order valence-electron chi connectivity index (χ0n) is 28.1. The fourth-order valence-electron chi connectivity index (χ4n) is 6.51. The smallest absolute Gasteiger partial charge is 0.119 e. The lowest BCUT2D eigenvalue weighted by Gasteiger charge is -2.22. The molecule has 4 aromatic carbocycles. The predicted octanol–water partition coefficient (Wildman–Crippen LogP) is 10.7. The summed E-state index contributed by atoms with van der Waals surface area (Å²) < 4.78 is 11.1. The van der Waals surface area contributed by atoms with E-state index in [-0.39, 0.29) is 0 Å². The Morgan fingerprint density at radius 1 is 0.620 bits per heavy atom. The molecule has 0 atom stereocenters. The Bertz CT molecular complexity index is 2260. The number of thiophene rings is 1. The first-order valence-corrected chi connectivity index (χ1v) is 18.5. The molecule has 2 N–H and O–H groups in total. The maximum Gasteiger partial charge on any atom is 0.119 e. The van der Waals surface area contributed by atoms with E-state index >= 15 is 0 Å². The van der Waals surface area contributed by atoms with Crippen LogP contribution in [0.4, 0.5) is 11.4 Å². The van der Waals surface area contributed by atoms with Crippen LogP contribution >= 0.6 is 34.5 Å². The summed E-state index contributed by atoms with van der Waals surface area (Å²) in [6, 6.07) is 28.2. The molecule has 50 heavy (non-hydrogen) atoms. The second-order valence-electron chi connectivity index (χ2n) is 12.3. The van der Waals surface area contributed by atoms with E-state index in [1.54, 1.807) is 14.2 Å². The number of rotatable bonds is 15. The quantitative estimate of drug-likeness (QED) is 0.0806. The highest BCUT2D eigenvalue weighted by Gasteiger charge is 2.14. The number of pyridine rings is 2. The number of unbranched alkanes of at least 4 members (excludes halogenated alkanes) is 1. The predicted molar refractivity (Wildman–Crippen MR) is 212 cm³/mol. The van der Waals surface area contributed by atoms with Crippen LogP contribution in [-0.4, -0.2) is 55.3 Å². The number of anilines is 2. The summed E-state index contributed by atoms with van der Waals surface area (Å²) in [5.74, 6) is 1.62. The van der Waals surface area contributed by atoms with Gasteiger partial charge in [0.15, 0.2) is 0 Å². The van der Waals surface area contributed by atoms with Crippen LogP contribution in [0.15, 0.2) is 90.3 Å². The third kappa shape index (κ3) is 7.69. The molecule has 10 heteroatoms. The molecule has 7 rings (SSSR count). The molecule has 0 amide bonds. The molecule has 0 unspecified atom stereocenters. The van der Waals surface area contributed by atoms with Crippen molar-refractivity contribution in [3.05, 3.63) is 105 Å². The second kappa shape index (κ2) is 15.7. The number of benzene rings is 4. The van der Waals surface area contributed by atoms with Crippen molar-refractivity contribution in [3.63, 3.8) is 0 Å². The van der Waals surface area contributed by atoms with Gasteiger partial charge in [0.05, 0.1) is 47.7 Å². The largest absolute Gasteiger partial charge is 0.497 e. The average Bonchev–Trinajstić information content (AvgIpc) is 3.64. The van der Waals surface area contributed by atoms with Crippen molar-refractivity contribution in [2.75, 3.05) is 51.0 Å². The SMILES string of the molecule is COc1ccc2nc3cc(Cl)ccc3c(NCCCCN(CCCNc3c4ccc(Cl)cc4nc4ccc(OC)cc34)Cc3cccs3)c2c1. The van der Waals surface area contributed by atoms with Crippen LogP contribution in [0.2, 0.25) is 10.0 Å². The number of ether oxygens (including phenoxy) is 2. The van der Waals surface area contributed by atoms with E-state index in [2.05, 4.69) is 45.2 Å². The molecule has 0 aliphatic carbocycles. The van der Waals surface area contributed by atoms with Crippen molar-refractivity contribution < 1.29 is 9.47 Å². The van der Waals surface area contributed by atoms with Gasteiger partial charge in [0.1, 0.15) is 11.5 Å². The van der Waals surface area contributed by atoms with Gasteiger partial charge in [-0.3, -0.25) is 4.90 Å². The molecule has 7 nitrogen and oxygen atoms in total. The van der Waals surface area contributed by atoms with Gasteiger partial charge in [-0.2, -0.15) is 0 Å². The summed E-state index contributed by atoms with van der Waals surface area (Å²) in [6.07, 6.45) is 3.09. The fraction of sp³-hybridized carbons (Fsp3) is 0.250. The van der Waals surface area contributed by atoms with Gasteiger partial charge in [-0.05, 0) is 110 Å². The molecule has 0 spiro atoms. The highest BCUT2D eigenvalue weighted by molar-refractivity contribution is 7.09. The molecule has 0 saturated carbocycles.